The molecule has 1 atom stereocenters. The first kappa shape index (κ1) is 15.0. The lowest BCUT2D eigenvalue weighted by Gasteiger charge is -2.34. The van der Waals surface area contributed by atoms with E-state index in [2.05, 4.69) is 18.9 Å². The normalized spacial score (nSPS) is 27.4. The van der Waals surface area contributed by atoms with Crippen LogP contribution >= 0.6 is 0 Å². The van der Waals surface area contributed by atoms with E-state index in [1.807, 2.05) is 6.92 Å². The van der Waals surface area contributed by atoms with Crippen molar-refractivity contribution in [2.75, 3.05) is 13.6 Å². The number of rotatable bonds is 7. The predicted molar refractivity (Wildman–Crippen MR) is 74.2 cm³/mol. The van der Waals surface area contributed by atoms with E-state index < -0.39 is 0 Å². The molecule has 17 heavy (non-hydrogen) atoms. The summed E-state index contributed by atoms with van der Waals surface area (Å²) in [5.41, 5.74) is 0. The minimum atomic E-state index is -0.125. The average Bonchev–Trinajstić information content (AvgIpc) is 2.34. The van der Waals surface area contributed by atoms with Crippen LogP contribution in [0.2, 0.25) is 0 Å². The van der Waals surface area contributed by atoms with Crippen LogP contribution in [-0.2, 0) is 0 Å². The summed E-state index contributed by atoms with van der Waals surface area (Å²) in [7, 11) is 2.28. The molecule has 1 N–H and O–H groups in total. The van der Waals surface area contributed by atoms with Gasteiger partial charge in [0.25, 0.3) is 0 Å². The standard InChI is InChI=1S/C15H31NO/c1-4-14-8-10-15(11-9-14)16(3)12-6-5-7-13(2)17/h13-15,17H,4-12H2,1-3H3. The molecule has 1 rings (SSSR count). The Kier molecular flexibility index (Phi) is 7.14. The highest BCUT2D eigenvalue weighted by Gasteiger charge is 2.22. The molecule has 0 heterocycles. The number of nitrogens with zero attached hydrogens (tertiary/aromatic N) is 1. The van der Waals surface area contributed by atoms with Crippen molar-refractivity contribution < 1.29 is 5.11 Å². The second-order valence-electron chi connectivity index (χ2n) is 5.91. The van der Waals surface area contributed by atoms with E-state index in [1.165, 1.54) is 45.1 Å². The summed E-state index contributed by atoms with van der Waals surface area (Å²) in [6.45, 7) is 5.41. The third-order valence-electron chi connectivity index (χ3n) is 4.40. The number of aliphatic hydroxyl groups excluding tert-OH is 1. The fourth-order valence-corrected chi connectivity index (χ4v) is 2.98. The van der Waals surface area contributed by atoms with Crippen molar-refractivity contribution in [2.24, 2.45) is 5.92 Å². The average molecular weight is 241 g/mol. The Bertz CT molecular complexity index is 185. The predicted octanol–water partition coefficient (Wildman–Crippen LogP) is 3.44. The maximum atomic E-state index is 9.21. The summed E-state index contributed by atoms with van der Waals surface area (Å²) in [5, 5.41) is 9.21. The highest BCUT2D eigenvalue weighted by Crippen LogP contribution is 2.28. The minimum absolute atomic E-state index is 0.125. The Hall–Kier alpha value is -0.0800. The molecule has 1 saturated carbocycles. The van der Waals surface area contributed by atoms with Gasteiger partial charge in [0.05, 0.1) is 6.10 Å². The number of unbranched alkanes of at least 4 members (excludes halogenated alkanes) is 1. The largest absolute Gasteiger partial charge is 0.393 e. The Balaban J connectivity index is 2.09. The summed E-state index contributed by atoms with van der Waals surface area (Å²) < 4.78 is 0. The Morgan fingerprint density at radius 3 is 2.35 bits per heavy atom. The lowest BCUT2D eigenvalue weighted by molar-refractivity contribution is 0.153. The second kappa shape index (κ2) is 8.10. The van der Waals surface area contributed by atoms with Gasteiger partial charge in [-0.05, 0) is 71.4 Å². The van der Waals surface area contributed by atoms with Crippen LogP contribution < -0.4 is 0 Å². The van der Waals surface area contributed by atoms with Gasteiger partial charge in [0.15, 0.2) is 0 Å². The zero-order valence-corrected chi connectivity index (χ0v) is 12.0. The molecular weight excluding hydrogens is 210 g/mol. The van der Waals surface area contributed by atoms with Gasteiger partial charge in [-0.2, -0.15) is 0 Å². The van der Waals surface area contributed by atoms with Gasteiger partial charge in [-0.15, -0.1) is 0 Å². The van der Waals surface area contributed by atoms with Gasteiger partial charge in [-0.1, -0.05) is 13.3 Å². The summed E-state index contributed by atoms with van der Waals surface area (Å²) in [6, 6.07) is 0.823. The van der Waals surface area contributed by atoms with E-state index in [0.717, 1.165) is 24.8 Å². The van der Waals surface area contributed by atoms with Crippen LogP contribution in [0.4, 0.5) is 0 Å². The smallest absolute Gasteiger partial charge is 0.0512 e. The molecule has 0 radical (unpaired) electrons. The van der Waals surface area contributed by atoms with Crippen molar-refractivity contribution in [3.63, 3.8) is 0 Å². The van der Waals surface area contributed by atoms with Gasteiger partial charge >= 0.3 is 0 Å². The molecule has 1 fully saturated rings. The van der Waals surface area contributed by atoms with Gasteiger partial charge in [0.2, 0.25) is 0 Å². The number of aliphatic hydroxyl groups is 1. The SMILES string of the molecule is CCC1CCC(N(C)CCCCC(C)O)CC1. The lowest BCUT2D eigenvalue weighted by atomic mass is 9.84. The fraction of sp³-hybridized carbons (Fsp3) is 1.00. The third-order valence-corrected chi connectivity index (χ3v) is 4.40. The van der Waals surface area contributed by atoms with Crippen molar-refractivity contribution in [2.45, 2.75) is 77.4 Å². The van der Waals surface area contributed by atoms with Crippen molar-refractivity contribution >= 4 is 0 Å². The highest BCUT2D eigenvalue weighted by molar-refractivity contribution is 4.77. The maximum absolute atomic E-state index is 9.21. The quantitative estimate of drug-likeness (QED) is 0.690. The zero-order valence-electron chi connectivity index (χ0n) is 12.0. The van der Waals surface area contributed by atoms with Crippen LogP contribution in [0.3, 0.4) is 0 Å². The lowest BCUT2D eigenvalue weighted by Crippen LogP contribution is -2.35. The fourth-order valence-electron chi connectivity index (χ4n) is 2.98. The van der Waals surface area contributed by atoms with Crippen molar-refractivity contribution in [1.29, 1.82) is 0 Å². The first-order chi connectivity index (χ1) is 8.13. The van der Waals surface area contributed by atoms with Crippen LogP contribution in [0.25, 0.3) is 0 Å². The maximum Gasteiger partial charge on any atom is 0.0512 e. The van der Waals surface area contributed by atoms with E-state index in [1.54, 1.807) is 0 Å². The van der Waals surface area contributed by atoms with Crippen LogP contribution in [0, 0.1) is 5.92 Å². The van der Waals surface area contributed by atoms with E-state index in [9.17, 15) is 5.11 Å². The summed E-state index contributed by atoms with van der Waals surface area (Å²) in [6.07, 6.45) is 10.2. The molecule has 0 aromatic rings. The summed E-state index contributed by atoms with van der Waals surface area (Å²) in [4.78, 5) is 2.55. The molecule has 1 aliphatic rings. The van der Waals surface area contributed by atoms with E-state index >= 15 is 0 Å². The first-order valence-electron chi connectivity index (χ1n) is 7.51. The molecule has 0 aromatic carbocycles. The topological polar surface area (TPSA) is 23.5 Å². The molecule has 1 aliphatic carbocycles. The molecule has 0 bridgehead atoms. The highest BCUT2D eigenvalue weighted by atomic mass is 16.3. The molecule has 2 heteroatoms. The second-order valence-corrected chi connectivity index (χ2v) is 5.91. The van der Waals surface area contributed by atoms with Crippen molar-refractivity contribution in [3.05, 3.63) is 0 Å². The Labute approximate surface area is 107 Å². The molecule has 0 aliphatic heterocycles. The molecular formula is C15H31NO. The molecule has 0 aromatic heterocycles. The van der Waals surface area contributed by atoms with Crippen LogP contribution in [0.5, 0.6) is 0 Å². The van der Waals surface area contributed by atoms with Crippen LogP contribution in [-0.4, -0.2) is 35.7 Å². The number of hydrogen-bond acceptors (Lipinski definition) is 2. The molecule has 1 unspecified atom stereocenters. The molecule has 0 spiro atoms. The zero-order chi connectivity index (χ0) is 12.7. The summed E-state index contributed by atoms with van der Waals surface area (Å²) >= 11 is 0. The third kappa shape index (κ3) is 5.87. The van der Waals surface area contributed by atoms with Gasteiger partial charge in [0.1, 0.15) is 0 Å². The van der Waals surface area contributed by atoms with Gasteiger partial charge in [-0.25, -0.2) is 0 Å². The summed E-state index contributed by atoms with van der Waals surface area (Å²) in [5.74, 6) is 0.995. The van der Waals surface area contributed by atoms with Gasteiger partial charge < -0.3 is 10.0 Å². The number of hydrogen-bond donors (Lipinski definition) is 1. The monoisotopic (exact) mass is 241 g/mol. The minimum Gasteiger partial charge on any atom is -0.393 e. The first-order valence-corrected chi connectivity index (χ1v) is 7.51. The Morgan fingerprint density at radius 2 is 1.82 bits per heavy atom. The van der Waals surface area contributed by atoms with E-state index in [0.29, 0.717) is 0 Å². The molecule has 0 saturated heterocycles. The van der Waals surface area contributed by atoms with E-state index in [-0.39, 0.29) is 6.10 Å². The Morgan fingerprint density at radius 1 is 1.18 bits per heavy atom. The van der Waals surface area contributed by atoms with Gasteiger partial charge in [0, 0.05) is 6.04 Å². The van der Waals surface area contributed by atoms with Crippen molar-refractivity contribution in [3.8, 4) is 0 Å². The van der Waals surface area contributed by atoms with Gasteiger partial charge in [-0.3, -0.25) is 0 Å². The van der Waals surface area contributed by atoms with Crippen LogP contribution in [0.1, 0.15) is 65.2 Å². The molecule has 0 amide bonds. The molecule has 2 nitrogen and oxygen atoms in total. The molecule has 102 valence electrons. The van der Waals surface area contributed by atoms with E-state index in [4.69, 9.17) is 0 Å². The van der Waals surface area contributed by atoms with Crippen LogP contribution in [0.15, 0.2) is 0 Å². The van der Waals surface area contributed by atoms with Crippen molar-refractivity contribution in [1.82, 2.24) is 4.90 Å².